The summed E-state index contributed by atoms with van der Waals surface area (Å²) >= 11 is 0. The molecule has 2 N–H and O–H groups in total. The van der Waals surface area contributed by atoms with E-state index in [0.717, 1.165) is 43.1 Å². The van der Waals surface area contributed by atoms with Crippen molar-refractivity contribution in [3.05, 3.63) is 34.9 Å². The number of hydrogen-bond acceptors (Lipinski definition) is 6. The first-order valence-corrected chi connectivity index (χ1v) is 11.1. The van der Waals surface area contributed by atoms with Gasteiger partial charge >= 0.3 is 0 Å². The Labute approximate surface area is 194 Å². The van der Waals surface area contributed by atoms with Crippen molar-refractivity contribution in [1.82, 2.24) is 15.5 Å². The van der Waals surface area contributed by atoms with Crippen LogP contribution in [-0.2, 0) is 20.9 Å². The molecule has 1 aromatic rings. The van der Waals surface area contributed by atoms with Gasteiger partial charge in [0.2, 0.25) is 6.41 Å². The molecule has 0 aliphatic heterocycles. The number of rotatable bonds is 13. The molecule has 0 bridgehead atoms. The maximum atomic E-state index is 11.4. The molecule has 0 saturated heterocycles. The molecule has 0 spiro atoms. The number of hydrogen-bond donors (Lipinski definition) is 2. The maximum Gasteiger partial charge on any atom is 0.206 e. The number of benzene rings is 1. The molecule has 1 atom stereocenters. The van der Waals surface area contributed by atoms with Crippen LogP contribution < -0.4 is 10.6 Å². The minimum absolute atomic E-state index is 0.152. The molecule has 0 fully saturated rings. The lowest BCUT2D eigenvalue weighted by Gasteiger charge is -2.24. The summed E-state index contributed by atoms with van der Waals surface area (Å²) in [5, 5.41) is 5.27. The summed E-state index contributed by atoms with van der Waals surface area (Å²) < 4.78 is 5.46. The predicted molar refractivity (Wildman–Crippen MR) is 131 cm³/mol. The Morgan fingerprint density at radius 1 is 1.16 bits per heavy atom. The van der Waals surface area contributed by atoms with Crippen LogP contribution in [0.4, 0.5) is 0 Å². The Kier molecular flexibility index (Phi) is 22.9. The molecule has 1 unspecified atom stereocenters. The summed E-state index contributed by atoms with van der Waals surface area (Å²) in [5.74, 6) is 6.27. The highest BCUT2D eigenvalue weighted by Gasteiger charge is 2.16. The van der Waals surface area contributed by atoms with Crippen molar-refractivity contribution in [2.24, 2.45) is 0 Å². The van der Waals surface area contributed by atoms with E-state index in [9.17, 15) is 9.59 Å². The molecular formula is C25H41N3O4. The fraction of sp³-hybridized carbons (Fsp3) is 0.560. The summed E-state index contributed by atoms with van der Waals surface area (Å²) in [4.78, 5) is 33.8. The molecule has 180 valence electrons. The van der Waals surface area contributed by atoms with E-state index in [1.807, 2.05) is 45.0 Å². The van der Waals surface area contributed by atoms with Gasteiger partial charge in [-0.25, -0.2) is 0 Å². The molecule has 7 nitrogen and oxygen atoms in total. The molecule has 0 aliphatic carbocycles. The Morgan fingerprint density at radius 2 is 1.84 bits per heavy atom. The van der Waals surface area contributed by atoms with Gasteiger partial charge in [-0.2, -0.15) is 0 Å². The van der Waals surface area contributed by atoms with Crippen molar-refractivity contribution in [1.29, 1.82) is 0 Å². The molecule has 0 heterocycles. The lowest BCUT2D eigenvalue weighted by atomic mass is 10.0. The summed E-state index contributed by atoms with van der Waals surface area (Å²) in [6.07, 6.45) is 4.82. The average molecular weight is 448 g/mol. The Hall–Kier alpha value is -2.53. The van der Waals surface area contributed by atoms with E-state index in [2.05, 4.69) is 29.4 Å². The highest BCUT2D eigenvalue weighted by atomic mass is 16.5. The summed E-state index contributed by atoms with van der Waals surface area (Å²) in [6, 6.07) is 5.39. The monoisotopic (exact) mass is 447 g/mol. The third-order valence-electron chi connectivity index (χ3n) is 4.26. The van der Waals surface area contributed by atoms with E-state index in [1.165, 1.54) is 0 Å². The predicted octanol–water partition coefficient (Wildman–Crippen LogP) is 2.66. The zero-order valence-corrected chi connectivity index (χ0v) is 20.6. The van der Waals surface area contributed by atoms with Crippen molar-refractivity contribution in [2.75, 3.05) is 40.9 Å². The van der Waals surface area contributed by atoms with Gasteiger partial charge in [-0.1, -0.05) is 51.2 Å². The highest BCUT2D eigenvalue weighted by molar-refractivity contribution is 5.78. The fourth-order valence-corrected chi connectivity index (χ4v) is 2.62. The quantitative estimate of drug-likeness (QED) is 0.275. The van der Waals surface area contributed by atoms with E-state index in [4.69, 9.17) is 9.53 Å². The van der Waals surface area contributed by atoms with Crippen molar-refractivity contribution in [2.45, 2.75) is 52.6 Å². The minimum atomic E-state index is -0.152. The van der Waals surface area contributed by atoms with Crippen molar-refractivity contribution in [3.8, 4) is 11.8 Å². The van der Waals surface area contributed by atoms with Crippen LogP contribution in [0.1, 0.15) is 61.5 Å². The maximum absolute atomic E-state index is 11.4. The van der Waals surface area contributed by atoms with E-state index >= 15 is 0 Å². The smallest absolute Gasteiger partial charge is 0.206 e. The number of aldehydes is 2. The van der Waals surface area contributed by atoms with Gasteiger partial charge in [0.05, 0.1) is 19.3 Å². The van der Waals surface area contributed by atoms with Gasteiger partial charge < -0.3 is 20.2 Å². The summed E-state index contributed by atoms with van der Waals surface area (Å²) in [6.45, 7) is 8.64. The van der Waals surface area contributed by atoms with Gasteiger partial charge in [0.1, 0.15) is 12.6 Å². The zero-order valence-electron chi connectivity index (χ0n) is 20.6. The van der Waals surface area contributed by atoms with E-state index in [-0.39, 0.29) is 6.04 Å². The average Bonchev–Trinajstić information content (AvgIpc) is 2.83. The second-order valence-corrected chi connectivity index (χ2v) is 6.57. The third kappa shape index (κ3) is 14.5. The number of amides is 1. The molecule has 1 aromatic carbocycles. The van der Waals surface area contributed by atoms with Gasteiger partial charge in [0.15, 0.2) is 0 Å². The number of carbonyl (C=O) groups excluding carboxylic acids is 3. The molecule has 1 rings (SSSR count). The topological polar surface area (TPSA) is 87.7 Å². The molecule has 1 amide bonds. The second kappa shape index (κ2) is 23.1. The molecule has 32 heavy (non-hydrogen) atoms. The number of nitrogens with one attached hydrogen (secondary N) is 2. The molecular weight excluding hydrogens is 406 g/mol. The van der Waals surface area contributed by atoms with Gasteiger partial charge in [0.25, 0.3) is 0 Å². The molecule has 7 heteroatoms. The largest absolute Gasteiger partial charge is 0.379 e. The number of carbonyl (C=O) groups is 3. The molecule has 0 aliphatic rings. The summed E-state index contributed by atoms with van der Waals surface area (Å²) in [5.41, 5.74) is 2.32. The van der Waals surface area contributed by atoms with E-state index < -0.39 is 0 Å². The summed E-state index contributed by atoms with van der Waals surface area (Å²) in [7, 11) is 5.35. The van der Waals surface area contributed by atoms with Crippen LogP contribution in [0, 0.1) is 11.8 Å². The number of likely N-dealkylation sites (N-methyl/N-ethyl adjacent to an activating group) is 2. The Balaban J connectivity index is 0. The fourth-order valence-electron chi connectivity index (χ4n) is 2.62. The van der Waals surface area contributed by atoms with Crippen LogP contribution in [0.3, 0.4) is 0 Å². The van der Waals surface area contributed by atoms with Crippen molar-refractivity contribution in [3.63, 3.8) is 0 Å². The lowest BCUT2D eigenvalue weighted by molar-refractivity contribution is -0.112. The Bertz CT molecular complexity index is 683. The third-order valence-corrected chi connectivity index (χ3v) is 4.26. The Morgan fingerprint density at radius 3 is 2.38 bits per heavy atom. The zero-order chi connectivity index (χ0) is 24.6. The van der Waals surface area contributed by atoms with Gasteiger partial charge in [-0.15, -0.1) is 0 Å². The molecule has 0 saturated carbocycles. The van der Waals surface area contributed by atoms with Crippen LogP contribution >= 0.6 is 0 Å². The first-order chi connectivity index (χ1) is 15.6. The number of nitrogens with zero attached hydrogens (tertiary/aromatic N) is 1. The van der Waals surface area contributed by atoms with Crippen LogP contribution in [0.5, 0.6) is 0 Å². The van der Waals surface area contributed by atoms with Crippen molar-refractivity contribution < 1.29 is 19.1 Å². The van der Waals surface area contributed by atoms with Crippen LogP contribution in [0.15, 0.2) is 18.2 Å². The van der Waals surface area contributed by atoms with Gasteiger partial charge in [-0.05, 0) is 32.1 Å². The van der Waals surface area contributed by atoms with E-state index in [1.54, 1.807) is 13.1 Å². The second-order valence-electron chi connectivity index (χ2n) is 6.57. The van der Waals surface area contributed by atoms with Gasteiger partial charge in [-0.3, -0.25) is 14.5 Å². The SMILES string of the molecule is CC.CCCC(C=O)N(C)Cc1c(C#CCCOCCNC)cccc1C=O.CNC=O. The van der Waals surface area contributed by atoms with Crippen LogP contribution in [-0.4, -0.2) is 70.8 Å². The minimum Gasteiger partial charge on any atom is -0.379 e. The highest BCUT2D eigenvalue weighted by Crippen LogP contribution is 2.17. The normalized spacial score (nSPS) is 10.3. The van der Waals surface area contributed by atoms with E-state index in [0.29, 0.717) is 38.2 Å². The standard InChI is InChI=1S/C21H30N2O3.C2H5NO.C2H6/c1-4-8-20(17-25)23(3)15-21-18(10-7-11-19(21)16-24)9-5-6-13-26-14-12-22-2;1-3-2-4;1-2/h7,10-11,16-17,20,22H,4,6,8,12-15H2,1-3H3;2H,1H3,(H,3,4);1-2H3. The first-order valence-electron chi connectivity index (χ1n) is 11.1. The first kappa shape index (κ1) is 31.7. The molecule has 0 aromatic heterocycles. The van der Waals surface area contributed by atoms with Crippen LogP contribution in [0.25, 0.3) is 0 Å². The lowest BCUT2D eigenvalue weighted by Crippen LogP contribution is -2.33. The van der Waals surface area contributed by atoms with Crippen molar-refractivity contribution >= 4 is 19.0 Å². The van der Waals surface area contributed by atoms with Gasteiger partial charge in [0, 0.05) is 37.7 Å². The number of ether oxygens (including phenoxy) is 1. The van der Waals surface area contributed by atoms with Crippen LogP contribution in [0.2, 0.25) is 0 Å². The molecule has 0 radical (unpaired) electrons.